The molecule has 0 aliphatic carbocycles. The minimum Gasteiger partial charge on any atom is -0.379 e. The number of hydrogen-bond donors (Lipinski definition) is 0. The van der Waals surface area contributed by atoms with Crippen LogP contribution in [-0.4, -0.2) is 69.8 Å². The summed E-state index contributed by atoms with van der Waals surface area (Å²) in [4.78, 5) is 4.94. The number of thioether (sulfide) groups is 1. The molecule has 0 atom stereocenters. The van der Waals surface area contributed by atoms with Crippen molar-refractivity contribution in [3.05, 3.63) is 29.3 Å². The number of halogens is 1. The molecule has 2 aliphatic heterocycles. The SMILES string of the molecule is Clc1cccc(-c2nnc3n2CN(CCCN2CCOCC2)CS3)c1. The number of fused-ring (bicyclic) bond motifs is 1. The second kappa shape index (κ2) is 8.05. The molecule has 1 aromatic heterocycles. The Hall–Kier alpha value is -1.12. The van der Waals surface area contributed by atoms with E-state index in [0.717, 1.165) is 73.5 Å². The largest absolute Gasteiger partial charge is 0.379 e. The lowest BCUT2D eigenvalue weighted by atomic mass is 10.2. The molecule has 2 aliphatic rings. The van der Waals surface area contributed by atoms with Gasteiger partial charge < -0.3 is 4.74 Å². The first-order valence-electron chi connectivity index (χ1n) is 8.64. The van der Waals surface area contributed by atoms with Crippen LogP contribution in [0, 0.1) is 0 Å². The quantitative estimate of drug-likeness (QED) is 0.795. The van der Waals surface area contributed by atoms with E-state index in [4.69, 9.17) is 16.3 Å². The van der Waals surface area contributed by atoms with Crippen molar-refractivity contribution in [3.63, 3.8) is 0 Å². The molecule has 25 heavy (non-hydrogen) atoms. The number of benzene rings is 1. The lowest BCUT2D eigenvalue weighted by Gasteiger charge is -2.30. The van der Waals surface area contributed by atoms with Gasteiger partial charge in [-0.25, -0.2) is 0 Å². The molecular weight excluding hydrogens is 358 g/mol. The molecule has 0 spiro atoms. The molecular formula is C17H22ClN5OS. The van der Waals surface area contributed by atoms with Gasteiger partial charge in [-0.3, -0.25) is 14.4 Å². The number of rotatable bonds is 5. The molecule has 2 aromatic rings. The molecule has 134 valence electrons. The average molecular weight is 380 g/mol. The van der Waals surface area contributed by atoms with Gasteiger partial charge in [-0.1, -0.05) is 35.5 Å². The molecule has 0 bridgehead atoms. The molecule has 8 heteroatoms. The van der Waals surface area contributed by atoms with E-state index in [-0.39, 0.29) is 0 Å². The summed E-state index contributed by atoms with van der Waals surface area (Å²) in [6.07, 6.45) is 1.17. The van der Waals surface area contributed by atoms with Crippen LogP contribution in [0.1, 0.15) is 6.42 Å². The zero-order valence-corrected chi connectivity index (χ0v) is 15.7. The van der Waals surface area contributed by atoms with E-state index < -0.39 is 0 Å². The number of hydrogen-bond acceptors (Lipinski definition) is 6. The van der Waals surface area contributed by atoms with Crippen molar-refractivity contribution in [2.45, 2.75) is 18.2 Å². The lowest BCUT2D eigenvalue weighted by molar-refractivity contribution is 0.0359. The van der Waals surface area contributed by atoms with Gasteiger partial charge in [0.05, 0.1) is 25.8 Å². The zero-order valence-electron chi connectivity index (χ0n) is 14.1. The highest BCUT2D eigenvalue weighted by Gasteiger charge is 2.22. The Morgan fingerprint density at radius 2 is 1.96 bits per heavy atom. The summed E-state index contributed by atoms with van der Waals surface area (Å²) < 4.78 is 7.60. The van der Waals surface area contributed by atoms with Crippen LogP contribution in [0.2, 0.25) is 5.02 Å². The first-order chi connectivity index (χ1) is 12.3. The van der Waals surface area contributed by atoms with Gasteiger partial charge in [0.25, 0.3) is 0 Å². The van der Waals surface area contributed by atoms with Gasteiger partial charge in [0.15, 0.2) is 11.0 Å². The van der Waals surface area contributed by atoms with Gasteiger partial charge in [0.1, 0.15) is 0 Å². The van der Waals surface area contributed by atoms with E-state index in [1.165, 1.54) is 6.42 Å². The van der Waals surface area contributed by atoms with Crippen molar-refractivity contribution in [1.82, 2.24) is 24.6 Å². The minimum absolute atomic E-state index is 0.723. The Kier molecular flexibility index (Phi) is 5.57. The standard InChI is InChI=1S/C17H22ClN5OS/c18-15-4-1-3-14(11-15)16-19-20-17-23(16)12-22(13-25-17)6-2-5-21-7-9-24-10-8-21/h1,3-4,11H,2,5-10,12-13H2. The van der Waals surface area contributed by atoms with E-state index >= 15 is 0 Å². The normalized spacial score (nSPS) is 19.1. The predicted octanol–water partition coefficient (Wildman–Crippen LogP) is 2.64. The van der Waals surface area contributed by atoms with Gasteiger partial charge in [-0.2, -0.15) is 0 Å². The molecule has 0 saturated carbocycles. The molecule has 3 heterocycles. The molecule has 0 unspecified atom stereocenters. The summed E-state index contributed by atoms with van der Waals surface area (Å²) >= 11 is 7.88. The number of morpholine rings is 1. The Balaban J connectivity index is 1.38. The van der Waals surface area contributed by atoms with Crippen molar-refractivity contribution >= 4 is 23.4 Å². The highest BCUT2D eigenvalue weighted by atomic mass is 35.5. The van der Waals surface area contributed by atoms with Crippen molar-refractivity contribution in [1.29, 1.82) is 0 Å². The topological polar surface area (TPSA) is 46.4 Å². The van der Waals surface area contributed by atoms with Crippen LogP contribution in [0.15, 0.2) is 29.4 Å². The second-order valence-corrected chi connectivity index (χ2v) is 7.71. The fraction of sp³-hybridized carbons (Fsp3) is 0.529. The monoisotopic (exact) mass is 379 g/mol. The van der Waals surface area contributed by atoms with Gasteiger partial charge >= 0.3 is 0 Å². The maximum atomic E-state index is 6.13. The Labute approximate surface area is 157 Å². The van der Waals surface area contributed by atoms with Crippen LogP contribution in [0.4, 0.5) is 0 Å². The summed E-state index contributed by atoms with van der Waals surface area (Å²) in [5, 5.41) is 10.4. The van der Waals surface area contributed by atoms with Crippen LogP contribution >= 0.6 is 23.4 Å². The summed E-state index contributed by atoms with van der Waals surface area (Å²) in [6.45, 7) is 6.91. The predicted molar refractivity (Wildman–Crippen MR) is 99.8 cm³/mol. The summed E-state index contributed by atoms with van der Waals surface area (Å²) in [5.74, 6) is 1.86. The number of aromatic nitrogens is 3. The first-order valence-corrected chi connectivity index (χ1v) is 10.0. The van der Waals surface area contributed by atoms with E-state index in [1.54, 1.807) is 11.8 Å². The summed E-state index contributed by atoms with van der Waals surface area (Å²) in [5.41, 5.74) is 1.02. The lowest BCUT2D eigenvalue weighted by Crippen LogP contribution is -2.38. The Morgan fingerprint density at radius 1 is 1.12 bits per heavy atom. The third-order valence-corrected chi connectivity index (χ3v) is 5.86. The molecule has 1 saturated heterocycles. The third-order valence-electron chi connectivity index (χ3n) is 4.57. The van der Waals surface area contributed by atoms with E-state index in [2.05, 4.69) is 24.6 Å². The molecule has 1 aromatic carbocycles. The number of ether oxygens (including phenoxy) is 1. The third kappa shape index (κ3) is 4.17. The molecule has 0 amide bonds. The van der Waals surface area contributed by atoms with Gasteiger partial charge in [0.2, 0.25) is 0 Å². The van der Waals surface area contributed by atoms with Crippen molar-refractivity contribution < 1.29 is 4.74 Å². The van der Waals surface area contributed by atoms with Gasteiger partial charge in [0, 0.05) is 30.2 Å². The fourth-order valence-corrected chi connectivity index (χ4v) is 4.33. The Bertz CT molecular complexity index is 719. The highest BCUT2D eigenvalue weighted by molar-refractivity contribution is 7.99. The van der Waals surface area contributed by atoms with Gasteiger partial charge in [-0.15, -0.1) is 10.2 Å². The molecule has 6 nitrogen and oxygen atoms in total. The summed E-state index contributed by atoms with van der Waals surface area (Å²) in [7, 11) is 0. The maximum Gasteiger partial charge on any atom is 0.193 e. The fourth-order valence-electron chi connectivity index (χ4n) is 3.23. The van der Waals surface area contributed by atoms with Crippen LogP contribution in [-0.2, 0) is 11.4 Å². The van der Waals surface area contributed by atoms with Crippen molar-refractivity contribution in [3.8, 4) is 11.4 Å². The van der Waals surface area contributed by atoms with Crippen LogP contribution < -0.4 is 0 Å². The smallest absolute Gasteiger partial charge is 0.193 e. The second-order valence-electron chi connectivity index (χ2n) is 6.36. The van der Waals surface area contributed by atoms with Crippen LogP contribution in [0.3, 0.4) is 0 Å². The minimum atomic E-state index is 0.723. The first kappa shape index (κ1) is 17.3. The van der Waals surface area contributed by atoms with Crippen molar-refractivity contribution in [2.75, 3.05) is 45.3 Å². The molecule has 4 rings (SSSR count). The molecule has 0 N–H and O–H groups in total. The highest BCUT2D eigenvalue weighted by Crippen LogP contribution is 2.29. The Morgan fingerprint density at radius 3 is 2.80 bits per heavy atom. The van der Waals surface area contributed by atoms with E-state index in [0.29, 0.717) is 0 Å². The van der Waals surface area contributed by atoms with E-state index in [9.17, 15) is 0 Å². The van der Waals surface area contributed by atoms with Crippen LogP contribution in [0.25, 0.3) is 11.4 Å². The van der Waals surface area contributed by atoms with Crippen LogP contribution in [0.5, 0.6) is 0 Å². The summed E-state index contributed by atoms with van der Waals surface area (Å²) in [6, 6.07) is 7.81. The molecule has 0 radical (unpaired) electrons. The average Bonchev–Trinajstić information content (AvgIpc) is 3.06. The van der Waals surface area contributed by atoms with Crippen molar-refractivity contribution in [2.24, 2.45) is 0 Å². The van der Waals surface area contributed by atoms with E-state index in [1.807, 2.05) is 24.3 Å². The zero-order chi connectivity index (χ0) is 17.1. The van der Waals surface area contributed by atoms with Gasteiger partial charge in [-0.05, 0) is 25.1 Å². The number of nitrogens with zero attached hydrogens (tertiary/aromatic N) is 5. The molecule has 1 fully saturated rings. The maximum absolute atomic E-state index is 6.13.